The van der Waals surface area contributed by atoms with Gasteiger partial charge in [-0.25, -0.2) is 4.79 Å². The van der Waals surface area contributed by atoms with Crippen LogP contribution in [0.2, 0.25) is 0 Å². The number of amides is 2. The van der Waals surface area contributed by atoms with E-state index >= 15 is 0 Å². The van der Waals surface area contributed by atoms with Gasteiger partial charge in [0.15, 0.2) is 0 Å². The van der Waals surface area contributed by atoms with Gasteiger partial charge in [0, 0.05) is 24.5 Å². The highest BCUT2D eigenvalue weighted by Gasteiger charge is 2.69. The fourth-order valence-electron chi connectivity index (χ4n) is 3.65. The molecule has 0 bridgehead atoms. The Kier molecular flexibility index (Phi) is 3.63. The molecular formula is C16H23F3N2O3. The molecule has 0 radical (unpaired) electrons. The van der Waals surface area contributed by atoms with Gasteiger partial charge in [0.1, 0.15) is 11.0 Å². The van der Waals surface area contributed by atoms with E-state index in [1.165, 1.54) is 0 Å². The van der Waals surface area contributed by atoms with Gasteiger partial charge < -0.3 is 15.0 Å². The van der Waals surface area contributed by atoms with E-state index in [2.05, 4.69) is 5.32 Å². The predicted molar refractivity (Wildman–Crippen MR) is 79.1 cm³/mol. The number of hydrogen-bond acceptors (Lipinski definition) is 3. The zero-order chi connectivity index (χ0) is 18.0. The van der Waals surface area contributed by atoms with E-state index in [4.69, 9.17) is 4.74 Å². The first-order valence-corrected chi connectivity index (χ1v) is 8.22. The smallest absolute Gasteiger partial charge is 0.410 e. The van der Waals surface area contributed by atoms with Crippen molar-refractivity contribution in [2.45, 2.75) is 64.3 Å². The minimum absolute atomic E-state index is 0.0657. The molecule has 2 amide bonds. The first-order chi connectivity index (χ1) is 10.9. The van der Waals surface area contributed by atoms with Crippen molar-refractivity contribution in [3.8, 4) is 0 Å². The summed E-state index contributed by atoms with van der Waals surface area (Å²) in [6.45, 7) is 6.47. The molecule has 1 N–H and O–H groups in total. The summed E-state index contributed by atoms with van der Waals surface area (Å²) in [5, 5.41) is 2.54. The third-order valence-corrected chi connectivity index (χ3v) is 5.13. The van der Waals surface area contributed by atoms with Gasteiger partial charge >= 0.3 is 12.3 Å². The minimum atomic E-state index is -4.47. The fourth-order valence-corrected chi connectivity index (χ4v) is 3.65. The first-order valence-electron chi connectivity index (χ1n) is 8.22. The number of carbonyl (C=O) groups excluding carboxylic acids is 2. The summed E-state index contributed by atoms with van der Waals surface area (Å²) in [6, 6.07) is -0.224. The summed E-state index contributed by atoms with van der Waals surface area (Å²) in [6.07, 6.45) is -3.84. The average molecular weight is 348 g/mol. The molecule has 0 unspecified atom stereocenters. The van der Waals surface area contributed by atoms with Gasteiger partial charge in [0.2, 0.25) is 5.91 Å². The number of ether oxygens (including phenoxy) is 1. The Labute approximate surface area is 138 Å². The molecule has 0 atom stereocenters. The molecule has 3 fully saturated rings. The van der Waals surface area contributed by atoms with E-state index < -0.39 is 23.1 Å². The van der Waals surface area contributed by atoms with Gasteiger partial charge in [-0.15, -0.1) is 0 Å². The third kappa shape index (κ3) is 2.95. The Morgan fingerprint density at radius 2 is 1.67 bits per heavy atom. The van der Waals surface area contributed by atoms with Crippen molar-refractivity contribution in [2.75, 3.05) is 13.1 Å². The van der Waals surface area contributed by atoms with E-state index in [0.717, 1.165) is 0 Å². The molecule has 3 aliphatic rings. The maximum Gasteiger partial charge on any atom is 0.410 e. The zero-order valence-electron chi connectivity index (χ0n) is 14.1. The van der Waals surface area contributed by atoms with Crippen LogP contribution < -0.4 is 5.32 Å². The molecule has 0 aromatic heterocycles. The Morgan fingerprint density at radius 3 is 2.08 bits per heavy atom. The highest BCUT2D eigenvalue weighted by Crippen LogP contribution is 2.58. The molecule has 1 spiro atoms. The molecule has 1 saturated heterocycles. The third-order valence-electron chi connectivity index (χ3n) is 5.13. The lowest BCUT2D eigenvalue weighted by molar-refractivity contribution is -0.193. The monoisotopic (exact) mass is 348 g/mol. The SMILES string of the molecule is CC(C)(C)OC(=O)N1CC2(CC(NC(=O)C3(C(F)(F)F)CC3)C2)C1. The number of hydrogen-bond donors (Lipinski definition) is 1. The summed E-state index contributed by atoms with van der Waals surface area (Å²) in [5.74, 6) is -0.891. The zero-order valence-corrected chi connectivity index (χ0v) is 14.1. The molecule has 24 heavy (non-hydrogen) atoms. The number of carbonyl (C=O) groups is 2. The maximum absolute atomic E-state index is 12.9. The molecule has 5 nitrogen and oxygen atoms in total. The van der Waals surface area contributed by atoms with Crippen LogP contribution in [0.25, 0.3) is 0 Å². The second kappa shape index (κ2) is 5.02. The normalized spacial score (nSPS) is 24.8. The van der Waals surface area contributed by atoms with Crippen LogP contribution in [0.4, 0.5) is 18.0 Å². The number of likely N-dealkylation sites (tertiary alicyclic amines) is 1. The Bertz CT molecular complexity index is 550. The molecular weight excluding hydrogens is 325 g/mol. The highest BCUT2D eigenvalue weighted by atomic mass is 19.4. The van der Waals surface area contributed by atoms with Crippen LogP contribution >= 0.6 is 0 Å². The number of rotatable bonds is 2. The molecule has 8 heteroatoms. The Hall–Kier alpha value is -1.47. The van der Waals surface area contributed by atoms with Crippen LogP contribution in [0.1, 0.15) is 46.5 Å². The standard InChI is InChI=1S/C16H23F3N2O3/c1-13(2,3)24-12(23)21-8-14(9-21)6-10(7-14)20-11(22)15(4-5-15)16(17,18)19/h10H,4-9H2,1-3H3,(H,20,22). The van der Waals surface area contributed by atoms with Gasteiger partial charge in [0.05, 0.1) is 0 Å². The lowest BCUT2D eigenvalue weighted by atomic mass is 9.60. The minimum Gasteiger partial charge on any atom is -0.444 e. The van der Waals surface area contributed by atoms with Crippen LogP contribution in [0, 0.1) is 10.8 Å². The summed E-state index contributed by atoms with van der Waals surface area (Å²) in [4.78, 5) is 25.4. The van der Waals surface area contributed by atoms with E-state index in [0.29, 0.717) is 25.9 Å². The number of alkyl halides is 3. The summed E-state index contributed by atoms with van der Waals surface area (Å²) >= 11 is 0. The Balaban J connectivity index is 1.43. The quantitative estimate of drug-likeness (QED) is 0.835. The first kappa shape index (κ1) is 17.4. The number of nitrogens with one attached hydrogen (secondary N) is 1. The van der Waals surface area contributed by atoms with Crippen molar-refractivity contribution < 1.29 is 27.5 Å². The summed E-state index contributed by atoms with van der Waals surface area (Å²) < 4.78 is 44.0. The van der Waals surface area contributed by atoms with E-state index in [9.17, 15) is 22.8 Å². The van der Waals surface area contributed by atoms with Crippen molar-refractivity contribution in [1.82, 2.24) is 10.2 Å². The highest BCUT2D eigenvalue weighted by molar-refractivity contribution is 5.86. The molecule has 2 saturated carbocycles. The Morgan fingerprint density at radius 1 is 1.12 bits per heavy atom. The van der Waals surface area contributed by atoms with Crippen LogP contribution in [0.15, 0.2) is 0 Å². The van der Waals surface area contributed by atoms with Crippen LogP contribution in [-0.4, -0.2) is 47.8 Å². The second-order valence-corrected chi connectivity index (χ2v) is 8.49. The van der Waals surface area contributed by atoms with Crippen molar-refractivity contribution in [1.29, 1.82) is 0 Å². The second-order valence-electron chi connectivity index (χ2n) is 8.49. The van der Waals surface area contributed by atoms with Crippen LogP contribution in [0.3, 0.4) is 0 Å². The molecule has 0 aromatic rings. The topological polar surface area (TPSA) is 58.6 Å². The molecule has 1 heterocycles. The van der Waals surface area contributed by atoms with Crippen molar-refractivity contribution in [2.24, 2.45) is 10.8 Å². The molecule has 0 aromatic carbocycles. The largest absolute Gasteiger partial charge is 0.444 e. The lowest BCUT2D eigenvalue weighted by Gasteiger charge is -2.58. The maximum atomic E-state index is 12.9. The van der Waals surface area contributed by atoms with Crippen molar-refractivity contribution in [3.05, 3.63) is 0 Å². The van der Waals surface area contributed by atoms with Gasteiger partial charge in [-0.3, -0.25) is 4.79 Å². The summed E-state index contributed by atoms with van der Waals surface area (Å²) in [5.41, 5.74) is -2.77. The predicted octanol–water partition coefficient (Wildman–Crippen LogP) is 2.84. The molecule has 2 aliphatic carbocycles. The molecule has 3 rings (SSSR count). The van der Waals surface area contributed by atoms with Crippen molar-refractivity contribution >= 4 is 12.0 Å². The van der Waals surface area contributed by atoms with Gasteiger partial charge in [0.25, 0.3) is 0 Å². The molecule has 1 aliphatic heterocycles. The molecule has 136 valence electrons. The van der Waals surface area contributed by atoms with Crippen LogP contribution in [0.5, 0.6) is 0 Å². The van der Waals surface area contributed by atoms with E-state index in [-0.39, 0.29) is 30.4 Å². The van der Waals surface area contributed by atoms with Crippen LogP contribution in [-0.2, 0) is 9.53 Å². The van der Waals surface area contributed by atoms with Crippen molar-refractivity contribution in [3.63, 3.8) is 0 Å². The van der Waals surface area contributed by atoms with Gasteiger partial charge in [-0.1, -0.05) is 0 Å². The van der Waals surface area contributed by atoms with E-state index in [1.54, 1.807) is 25.7 Å². The van der Waals surface area contributed by atoms with Gasteiger partial charge in [-0.2, -0.15) is 13.2 Å². The van der Waals surface area contributed by atoms with Gasteiger partial charge in [-0.05, 0) is 46.5 Å². The fraction of sp³-hybridized carbons (Fsp3) is 0.875. The summed E-state index contributed by atoms with van der Waals surface area (Å²) in [7, 11) is 0. The van der Waals surface area contributed by atoms with E-state index in [1.807, 2.05) is 0 Å². The lowest BCUT2D eigenvalue weighted by Crippen LogP contribution is -2.68. The average Bonchev–Trinajstić information content (AvgIpc) is 3.07. The number of nitrogens with zero attached hydrogens (tertiary/aromatic N) is 1. The number of halogens is 3.